The number of methoxy groups -OCH3 is 1. The Labute approximate surface area is 102 Å². The van der Waals surface area contributed by atoms with Gasteiger partial charge in [-0.3, -0.25) is 4.79 Å². The summed E-state index contributed by atoms with van der Waals surface area (Å²) in [5, 5.41) is 2.53. The predicted molar refractivity (Wildman–Crippen MR) is 66.3 cm³/mol. The van der Waals surface area contributed by atoms with Gasteiger partial charge >= 0.3 is 0 Å². The van der Waals surface area contributed by atoms with Crippen molar-refractivity contribution in [3.63, 3.8) is 0 Å². The molecule has 1 N–H and O–H groups in total. The number of amides is 1. The van der Waals surface area contributed by atoms with E-state index in [0.717, 1.165) is 16.9 Å². The maximum absolute atomic E-state index is 11.4. The van der Waals surface area contributed by atoms with E-state index in [2.05, 4.69) is 5.32 Å². The zero-order chi connectivity index (χ0) is 12.8. The van der Waals surface area contributed by atoms with E-state index < -0.39 is 6.10 Å². The van der Waals surface area contributed by atoms with Gasteiger partial charge < -0.3 is 14.8 Å². The number of nitrogens with one attached hydrogen (secondary N) is 1. The lowest BCUT2D eigenvalue weighted by atomic mass is 10.1. The standard InChI is InChI=1S/C13H19NO3/c1-9-5-6-10(2)11(7-9)17-8-12(16-4)13(15)14-3/h5-7,12H,8H2,1-4H3,(H,14,15). The Morgan fingerprint density at radius 2 is 2.12 bits per heavy atom. The molecule has 0 aliphatic heterocycles. The lowest BCUT2D eigenvalue weighted by molar-refractivity contribution is -0.132. The highest BCUT2D eigenvalue weighted by atomic mass is 16.5. The number of benzene rings is 1. The first-order chi connectivity index (χ1) is 8.08. The van der Waals surface area contributed by atoms with Crippen LogP contribution in [0.25, 0.3) is 0 Å². The van der Waals surface area contributed by atoms with Crippen LogP contribution in [0.4, 0.5) is 0 Å². The molecule has 0 aliphatic carbocycles. The summed E-state index contributed by atoms with van der Waals surface area (Å²) in [6, 6.07) is 5.97. The van der Waals surface area contributed by atoms with Gasteiger partial charge in [-0.2, -0.15) is 0 Å². The van der Waals surface area contributed by atoms with E-state index in [4.69, 9.17) is 9.47 Å². The first-order valence-corrected chi connectivity index (χ1v) is 5.53. The summed E-state index contributed by atoms with van der Waals surface area (Å²) in [6.45, 7) is 4.18. The molecule has 4 heteroatoms. The van der Waals surface area contributed by atoms with Crippen molar-refractivity contribution in [1.82, 2.24) is 5.32 Å². The van der Waals surface area contributed by atoms with Crippen LogP contribution in [0.2, 0.25) is 0 Å². The molecule has 0 fully saturated rings. The summed E-state index contributed by atoms with van der Waals surface area (Å²) in [5.41, 5.74) is 2.17. The molecular formula is C13H19NO3. The largest absolute Gasteiger partial charge is 0.490 e. The van der Waals surface area contributed by atoms with Crippen LogP contribution in [0.1, 0.15) is 11.1 Å². The van der Waals surface area contributed by atoms with E-state index in [1.165, 1.54) is 7.11 Å². The van der Waals surface area contributed by atoms with Gasteiger partial charge in [-0.1, -0.05) is 12.1 Å². The fourth-order valence-corrected chi connectivity index (χ4v) is 1.44. The van der Waals surface area contributed by atoms with Gasteiger partial charge in [-0.15, -0.1) is 0 Å². The van der Waals surface area contributed by atoms with Gasteiger partial charge in [0.1, 0.15) is 12.4 Å². The minimum absolute atomic E-state index is 0.183. The van der Waals surface area contributed by atoms with Gasteiger partial charge in [0.05, 0.1) is 0 Å². The van der Waals surface area contributed by atoms with Gasteiger partial charge in [0.2, 0.25) is 0 Å². The normalized spacial score (nSPS) is 12.0. The number of hydrogen-bond acceptors (Lipinski definition) is 3. The van der Waals surface area contributed by atoms with Crippen molar-refractivity contribution in [2.24, 2.45) is 0 Å². The van der Waals surface area contributed by atoms with Crippen molar-refractivity contribution in [3.8, 4) is 5.75 Å². The van der Waals surface area contributed by atoms with Crippen LogP contribution in [0.5, 0.6) is 5.75 Å². The topological polar surface area (TPSA) is 47.6 Å². The van der Waals surface area contributed by atoms with Crippen molar-refractivity contribution < 1.29 is 14.3 Å². The Bertz CT molecular complexity index is 390. The van der Waals surface area contributed by atoms with Gasteiger partial charge in [-0.25, -0.2) is 0 Å². The molecule has 0 aromatic heterocycles. The number of ether oxygens (including phenoxy) is 2. The molecule has 17 heavy (non-hydrogen) atoms. The van der Waals surface area contributed by atoms with E-state index in [9.17, 15) is 4.79 Å². The number of rotatable bonds is 5. The van der Waals surface area contributed by atoms with Crippen molar-refractivity contribution in [1.29, 1.82) is 0 Å². The van der Waals surface area contributed by atoms with Gasteiger partial charge in [-0.05, 0) is 31.0 Å². The van der Waals surface area contributed by atoms with Crippen LogP contribution in [-0.4, -0.2) is 32.8 Å². The molecule has 0 saturated carbocycles. The van der Waals surface area contributed by atoms with Gasteiger partial charge in [0.15, 0.2) is 6.10 Å². The third-order valence-electron chi connectivity index (χ3n) is 2.56. The molecule has 0 aliphatic rings. The minimum Gasteiger partial charge on any atom is -0.490 e. The van der Waals surface area contributed by atoms with Crippen molar-refractivity contribution in [3.05, 3.63) is 29.3 Å². The Kier molecular flexibility index (Phi) is 4.97. The molecular weight excluding hydrogens is 218 g/mol. The molecule has 94 valence electrons. The maximum atomic E-state index is 11.4. The number of likely N-dealkylation sites (N-methyl/N-ethyl adjacent to an activating group) is 1. The summed E-state index contributed by atoms with van der Waals surface area (Å²) >= 11 is 0. The Morgan fingerprint density at radius 3 is 2.71 bits per heavy atom. The van der Waals surface area contributed by atoms with Crippen molar-refractivity contribution >= 4 is 5.91 Å². The van der Waals surface area contributed by atoms with E-state index in [0.29, 0.717) is 0 Å². The smallest absolute Gasteiger partial charge is 0.252 e. The molecule has 1 atom stereocenters. The molecule has 0 spiro atoms. The van der Waals surface area contributed by atoms with Crippen LogP contribution in [0, 0.1) is 13.8 Å². The number of carbonyl (C=O) groups excluding carboxylic acids is 1. The highest BCUT2D eigenvalue weighted by Crippen LogP contribution is 2.19. The zero-order valence-corrected chi connectivity index (χ0v) is 10.7. The molecule has 1 amide bonds. The van der Waals surface area contributed by atoms with Crippen molar-refractivity contribution in [2.75, 3.05) is 20.8 Å². The van der Waals surface area contributed by atoms with Gasteiger partial charge in [0.25, 0.3) is 5.91 Å². The molecule has 1 aromatic rings. The fourth-order valence-electron chi connectivity index (χ4n) is 1.44. The average molecular weight is 237 g/mol. The molecule has 0 radical (unpaired) electrons. The molecule has 1 rings (SSSR count). The second-order valence-corrected chi connectivity index (χ2v) is 3.92. The number of carbonyl (C=O) groups is 1. The predicted octanol–water partition coefficient (Wildman–Crippen LogP) is 1.44. The summed E-state index contributed by atoms with van der Waals surface area (Å²) < 4.78 is 10.7. The minimum atomic E-state index is -0.583. The first kappa shape index (κ1) is 13.5. The lowest BCUT2D eigenvalue weighted by Crippen LogP contribution is -2.37. The van der Waals surface area contributed by atoms with Gasteiger partial charge in [0, 0.05) is 14.2 Å². The molecule has 4 nitrogen and oxygen atoms in total. The van der Waals surface area contributed by atoms with Crippen LogP contribution in [0.15, 0.2) is 18.2 Å². The fraction of sp³-hybridized carbons (Fsp3) is 0.462. The molecule has 0 bridgehead atoms. The van der Waals surface area contributed by atoms with E-state index in [1.807, 2.05) is 32.0 Å². The first-order valence-electron chi connectivity index (χ1n) is 5.53. The maximum Gasteiger partial charge on any atom is 0.252 e. The highest BCUT2D eigenvalue weighted by Gasteiger charge is 2.17. The Morgan fingerprint density at radius 1 is 1.41 bits per heavy atom. The van der Waals surface area contributed by atoms with E-state index in [1.54, 1.807) is 7.05 Å². The molecule has 1 aromatic carbocycles. The Balaban J connectivity index is 2.65. The van der Waals surface area contributed by atoms with E-state index >= 15 is 0 Å². The third kappa shape index (κ3) is 3.75. The van der Waals surface area contributed by atoms with Crippen LogP contribution >= 0.6 is 0 Å². The van der Waals surface area contributed by atoms with Crippen LogP contribution in [-0.2, 0) is 9.53 Å². The summed E-state index contributed by atoms with van der Waals surface area (Å²) in [7, 11) is 3.07. The molecule has 1 unspecified atom stereocenters. The van der Waals surface area contributed by atoms with E-state index in [-0.39, 0.29) is 12.5 Å². The number of aryl methyl sites for hydroxylation is 2. The average Bonchev–Trinajstić information content (AvgIpc) is 2.33. The third-order valence-corrected chi connectivity index (χ3v) is 2.56. The SMILES string of the molecule is CNC(=O)C(COc1cc(C)ccc1C)OC. The summed E-state index contributed by atoms with van der Waals surface area (Å²) in [6.07, 6.45) is -0.583. The summed E-state index contributed by atoms with van der Waals surface area (Å²) in [5.74, 6) is 0.605. The molecule has 0 saturated heterocycles. The molecule has 0 heterocycles. The highest BCUT2D eigenvalue weighted by molar-refractivity contribution is 5.80. The number of hydrogen-bond donors (Lipinski definition) is 1. The van der Waals surface area contributed by atoms with Crippen LogP contribution in [0.3, 0.4) is 0 Å². The summed E-state index contributed by atoms with van der Waals surface area (Å²) in [4.78, 5) is 11.4. The monoisotopic (exact) mass is 237 g/mol. The Hall–Kier alpha value is -1.55. The van der Waals surface area contributed by atoms with Crippen molar-refractivity contribution in [2.45, 2.75) is 20.0 Å². The second-order valence-electron chi connectivity index (χ2n) is 3.92. The quantitative estimate of drug-likeness (QED) is 0.843. The lowest BCUT2D eigenvalue weighted by Gasteiger charge is -2.16. The van der Waals surface area contributed by atoms with Crippen LogP contribution < -0.4 is 10.1 Å². The zero-order valence-electron chi connectivity index (χ0n) is 10.7. The second kappa shape index (κ2) is 6.25.